The van der Waals surface area contributed by atoms with Gasteiger partial charge in [0.15, 0.2) is 0 Å². The summed E-state index contributed by atoms with van der Waals surface area (Å²) >= 11 is 0. The summed E-state index contributed by atoms with van der Waals surface area (Å²) in [7, 11) is 0. The molecule has 0 aliphatic carbocycles. The molecule has 39 heavy (non-hydrogen) atoms. The van der Waals surface area contributed by atoms with Gasteiger partial charge in [-0.05, 0) is 64.3 Å². The Labute approximate surface area is 224 Å². The smallest absolute Gasteiger partial charge is 0.386 e. The predicted molar refractivity (Wildman–Crippen MR) is 142 cm³/mol. The van der Waals surface area contributed by atoms with E-state index in [2.05, 4.69) is 22.1 Å². The number of aromatic nitrogens is 3. The third-order valence-electron chi connectivity index (χ3n) is 7.42. The molecule has 0 bridgehead atoms. The zero-order valence-corrected chi connectivity index (χ0v) is 22.2. The standard InChI is InChI=1S/C28H32F4N6O/c1-17-6-5-13-38(17)26-35-23-11-15-37(25-21(28(30,31)32)7-4-12-33-25)14-10-19(23)24(36-26)34-18-8-9-20(22(29)16-18)27(2,3)39/h4,7-9,12,16-17,39H,5-6,10-11,13-15H2,1-3H3,(H,34,35,36). The first kappa shape index (κ1) is 27.1. The molecule has 2 N–H and O–H groups in total. The van der Waals surface area contributed by atoms with E-state index in [1.54, 1.807) is 11.0 Å². The first-order valence-electron chi connectivity index (χ1n) is 13.1. The highest BCUT2D eigenvalue weighted by molar-refractivity contribution is 5.64. The van der Waals surface area contributed by atoms with Crippen LogP contribution in [0.25, 0.3) is 0 Å². The van der Waals surface area contributed by atoms with Crippen molar-refractivity contribution in [1.82, 2.24) is 15.0 Å². The lowest BCUT2D eigenvalue weighted by molar-refractivity contribution is -0.137. The first-order valence-corrected chi connectivity index (χ1v) is 13.1. The zero-order chi connectivity index (χ0) is 27.9. The van der Waals surface area contributed by atoms with Crippen LogP contribution < -0.4 is 15.1 Å². The first-order chi connectivity index (χ1) is 18.4. The number of nitrogens with zero attached hydrogens (tertiary/aromatic N) is 5. The Kier molecular flexibility index (Phi) is 7.13. The van der Waals surface area contributed by atoms with Crippen LogP contribution in [0.2, 0.25) is 0 Å². The number of hydrogen-bond acceptors (Lipinski definition) is 7. The molecule has 2 aliphatic heterocycles. The maximum Gasteiger partial charge on any atom is 0.419 e. The van der Waals surface area contributed by atoms with Gasteiger partial charge in [-0.3, -0.25) is 0 Å². The SMILES string of the molecule is CC1CCCN1c1nc2c(c(Nc3ccc(C(C)(C)O)c(F)c3)n1)CCN(c1ncccc1C(F)(F)F)CC2. The van der Waals surface area contributed by atoms with Crippen LogP contribution in [-0.4, -0.2) is 45.7 Å². The number of alkyl halides is 3. The normalized spacial score (nSPS) is 18.2. The Bertz CT molecular complexity index is 1360. The van der Waals surface area contributed by atoms with Gasteiger partial charge in [0.1, 0.15) is 17.5 Å². The molecule has 11 heteroatoms. The van der Waals surface area contributed by atoms with Crippen molar-refractivity contribution in [3.63, 3.8) is 0 Å². The topological polar surface area (TPSA) is 77.4 Å². The average Bonchev–Trinajstić information content (AvgIpc) is 3.17. The molecule has 0 saturated carbocycles. The quantitative estimate of drug-likeness (QED) is 0.405. The third kappa shape index (κ3) is 5.63. The minimum absolute atomic E-state index is 0.0991. The van der Waals surface area contributed by atoms with Gasteiger partial charge in [-0.1, -0.05) is 6.07 Å². The molecular formula is C28H32F4N6O. The van der Waals surface area contributed by atoms with E-state index in [-0.39, 0.29) is 24.0 Å². The van der Waals surface area contributed by atoms with Gasteiger partial charge < -0.3 is 20.2 Å². The van der Waals surface area contributed by atoms with Crippen molar-refractivity contribution in [2.24, 2.45) is 0 Å². The highest BCUT2D eigenvalue weighted by Gasteiger charge is 2.36. The largest absolute Gasteiger partial charge is 0.419 e. The molecule has 1 unspecified atom stereocenters. The lowest BCUT2D eigenvalue weighted by atomic mass is 9.97. The molecule has 1 saturated heterocycles. The number of benzene rings is 1. The summed E-state index contributed by atoms with van der Waals surface area (Å²) in [5, 5.41) is 13.5. The number of aliphatic hydroxyl groups is 1. The fourth-order valence-electron chi connectivity index (χ4n) is 5.36. The monoisotopic (exact) mass is 544 g/mol. The Morgan fingerprint density at radius 2 is 1.79 bits per heavy atom. The highest BCUT2D eigenvalue weighted by atomic mass is 19.4. The second kappa shape index (κ2) is 10.3. The van der Waals surface area contributed by atoms with E-state index in [1.165, 1.54) is 38.2 Å². The van der Waals surface area contributed by atoms with Crippen molar-refractivity contribution in [2.75, 3.05) is 34.8 Å². The zero-order valence-electron chi connectivity index (χ0n) is 22.2. The second-order valence-corrected chi connectivity index (χ2v) is 10.7. The van der Waals surface area contributed by atoms with Gasteiger partial charge >= 0.3 is 6.18 Å². The molecule has 1 aromatic carbocycles. The van der Waals surface area contributed by atoms with Gasteiger partial charge in [0, 0.05) is 55.1 Å². The molecule has 1 fully saturated rings. The summed E-state index contributed by atoms with van der Waals surface area (Å²) in [4.78, 5) is 17.5. The summed E-state index contributed by atoms with van der Waals surface area (Å²) < 4.78 is 56.0. The van der Waals surface area contributed by atoms with Crippen molar-refractivity contribution in [1.29, 1.82) is 0 Å². The van der Waals surface area contributed by atoms with E-state index in [0.29, 0.717) is 36.8 Å². The van der Waals surface area contributed by atoms with Crippen LogP contribution in [0.15, 0.2) is 36.5 Å². The van der Waals surface area contributed by atoms with Gasteiger partial charge in [0.25, 0.3) is 0 Å². The molecule has 7 nitrogen and oxygen atoms in total. The number of hydrogen-bond donors (Lipinski definition) is 2. The summed E-state index contributed by atoms with van der Waals surface area (Å²) in [5.74, 6) is 0.403. The van der Waals surface area contributed by atoms with Gasteiger partial charge in [-0.15, -0.1) is 0 Å². The fraction of sp³-hybridized carbons (Fsp3) is 0.464. The molecule has 0 amide bonds. The van der Waals surface area contributed by atoms with E-state index in [0.717, 1.165) is 36.7 Å². The van der Waals surface area contributed by atoms with Crippen LogP contribution >= 0.6 is 0 Å². The number of nitrogens with one attached hydrogen (secondary N) is 1. The summed E-state index contributed by atoms with van der Waals surface area (Å²) in [5.41, 5.74) is 0.0541. The average molecular weight is 545 g/mol. The molecule has 5 rings (SSSR count). The number of fused-ring (bicyclic) bond motifs is 1. The fourth-order valence-corrected chi connectivity index (χ4v) is 5.36. The third-order valence-corrected chi connectivity index (χ3v) is 7.42. The molecule has 2 aliphatic rings. The van der Waals surface area contributed by atoms with Gasteiger partial charge in [-0.2, -0.15) is 18.2 Å². The van der Waals surface area contributed by atoms with Crippen molar-refractivity contribution < 1.29 is 22.7 Å². The minimum Gasteiger partial charge on any atom is -0.386 e. The Morgan fingerprint density at radius 1 is 1.03 bits per heavy atom. The van der Waals surface area contributed by atoms with Crippen LogP contribution in [0.3, 0.4) is 0 Å². The van der Waals surface area contributed by atoms with E-state index in [9.17, 15) is 22.7 Å². The van der Waals surface area contributed by atoms with Crippen LogP contribution in [-0.2, 0) is 24.6 Å². The number of anilines is 4. The van der Waals surface area contributed by atoms with Crippen molar-refractivity contribution in [2.45, 2.75) is 64.3 Å². The molecule has 208 valence electrons. The number of pyridine rings is 1. The lowest BCUT2D eigenvalue weighted by Gasteiger charge is -2.24. The Balaban J connectivity index is 1.51. The summed E-state index contributed by atoms with van der Waals surface area (Å²) in [6.45, 7) is 6.56. The van der Waals surface area contributed by atoms with Crippen LogP contribution in [0.1, 0.15) is 56.0 Å². The van der Waals surface area contributed by atoms with Crippen LogP contribution in [0.4, 0.5) is 40.8 Å². The maximum absolute atomic E-state index is 14.9. The lowest BCUT2D eigenvalue weighted by Crippen LogP contribution is -2.29. The molecule has 4 heterocycles. The van der Waals surface area contributed by atoms with E-state index in [4.69, 9.17) is 9.97 Å². The van der Waals surface area contributed by atoms with Gasteiger partial charge in [-0.25, -0.2) is 14.4 Å². The van der Waals surface area contributed by atoms with Gasteiger partial charge in [0.2, 0.25) is 5.95 Å². The molecule has 0 radical (unpaired) electrons. The summed E-state index contributed by atoms with van der Waals surface area (Å²) in [6.07, 6.45) is -0.336. The second-order valence-electron chi connectivity index (χ2n) is 10.7. The summed E-state index contributed by atoms with van der Waals surface area (Å²) in [6, 6.07) is 7.11. The van der Waals surface area contributed by atoms with E-state index in [1.807, 2.05) is 0 Å². The van der Waals surface area contributed by atoms with E-state index < -0.39 is 23.2 Å². The Hall–Kier alpha value is -3.47. The van der Waals surface area contributed by atoms with Crippen molar-refractivity contribution in [3.8, 4) is 0 Å². The molecular weight excluding hydrogens is 512 g/mol. The van der Waals surface area contributed by atoms with Crippen LogP contribution in [0, 0.1) is 5.82 Å². The predicted octanol–water partition coefficient (Wildman–Crippen LogP) is 5.59. The van der Waals surface area contributed by atoms with Gasteiger partial charge in [0.05, 0.1) is 16.9 Å². The van der Waals surface area contributed by atoms with Crippen molar-refractivity contribution >= 4 is 23.3 Å². The van der Waals surface area contributed by atoms with E-state index >= 15 is 0 Å². The Morgan fingerprint density at radius 3 is 2.46 bits per heavy atom. The molecule has 0 spiro atoms. The maximum atomic E-state index is 14.9. The van der Waals surface area contributed by atoms with Crippen LogP contribution in [0.5, 0.6) is 0 Å². The molecule has 3 aromatic rings. The molecule has 2 aromatic heterocycles. The van der Waals surface area contributed by atoms with Crippen molar-refractivity contribution in [3.05, 3.63) is 64.7 Å². The molecule has 1 atom stereocenters. The highest BCUT2D eigenvalue weighted by Crippen LogP contribution is 2.37. The number of rotatable bonds is 5. The minimum atomic E-state index is -4.52. The number of halogens is 4.